The van der Waals surface area contributed by atoms with Crippen molar-refractivity contribution in [1.82, 2.24) is 0 Å². The maximum Gasteiger partial charge on any atom is 0.310 e. The number of aliphatic hydroxyl groups is 3. The zero-order chi connectivity index (χ0) is 20.4. The van der Waals surface area contributed by atoms with Crippen molar-refractivity contribution in [3.63, 3.8) is 0 Å². The minimum Gasteiger partial charge on any atom is -0.481 e. The van der Waals surface area contributed by atoms with Crippen LogP contribution >= 0.6 is 0 Å². The number of benzene rings is 1. The Bertz CT molecular complexity index is 641. The largest absolute Gasteiger partial charge is 0.481 e. The van der Waals surface area contributed by atoms with Crippen LogP contribution in [-0.2, 0) is 9.59 Å². The molecule has 1 aromatic carbocycles. The van der Waals surface area contributed by atoms with Gasteiger partial charge in [0.25, 0.3) is 0 Å². The Hall–Kier alpha value is -2.06. The molecule has 6 N–H and O–H groups in total. The number of carboxylic acids is 1. The van der Waals surface area contributed by atoms with Gasteiger partial charge in [0.1, 0.15) is 0 Å². The second-order valence-corrected chi connectivity index (χ2v) is 6.86. The Kier molecular flexibility index (Phi) is 9.31. The topological polar surface area (TPSA) is 141 Å². The number of rotatable bonds is 6. The molecule has 1 fully saturated rings. The van der Waals surface area contributed by atoms with Gasteiger partial charge in [0.05, 0.1) is 31.3 Å². The summed E-state index contributed by atoms with van der Waals surface area (Å²) in [6, 6.07) is 7.39. The number of ketones is 1. The average Bonchev–Trinajstić information content (AvgIpc) is 2.69. The van der Waals surface area contributed by atoms with E-state index in [0.29, 0.717) is 6.42 Å². The van der Waals surface area contributed by atoms with Crippen LogP contribution in [0.2, 0.25) is 0 Å². The van der Waals surface area contributed by atoms with Gasteiger partial charge in [-0.1, -0.05) is 24.3 Å². The molecule has 1 atom stereocenters. The van der Waals surface area contributed by atoms with E-state index in [4.69, 9.17) is 26.2 Å². The Morgan fingerprint density at radius 3 is 2.04 bits per heavy atom. The maximum absolute atomic E-state index is 11.7. The second kappa shape index (κ2) is 10.9. The number of hydrogen-bond donors (Lipinski definition) is 5. The van der Waals surface area contributed by atoms with E-state index in [-0.39, 0.29) is 5.78 Å². The molecule has 1 unspecified atom stereocenters. The van der Waals surface area contributed by atoms with Crippen molar-refractivity contribution in [3.8, 4) is 0 Å². The number of carboxylic acid groups (broad SMARTS) is 1. The minimum atomic E-state index is -1.21. The molecule has 0 bridgehead atoms. The lowest BCUT2D eigenvalue weighted by Gasteiger charge is -2.20. The van der Waals surface area contributed by atoms with Crippen LogP contribution < -0.4 is 5.73 Å². The zero-order valence-electron chi connectivity index (χ0n) is 15.6. The highest BCUT2D eigenvalue weighted by Crippen LogP contribution is 2.23. The van der Waals surface area contributed by atoms with Crippen molar-refractivity contribution in [2.24, 2.45) is 5.73 Å². The lowest BCUT2D eigenvalue weighted by atomic mass is 9.91. The second-order valence-electron chi connectivity index (χ2n) is 6.86. The van der Waals surface area contributed by atoms with Crippen LogP contribution in [0.1, 0.15) is 49.7 Å². The van der Waals surface area contributed by atoms with E-state index in [2.05, 4.69) is 0 Å². The van der Waals surface area contributed by atoms with Crippen molar-refractivity contribution in [3.05, 3.63) is 41.0 Å². The van der Waals surface area contributed by atoms with Gasteiger partial charge in [-0.25, -0.2) is 0 Å². The van der Waals surface area contributed by atoms with Crippen LogP contribution in [0.4, 0.5) is 0 Å². The van der Waals surface area contributed by atoms with Crippen molar-refractivity contribution in [2.45, 2.75) is 44.1 Å². The predicted molar refractivity (Wildman–Crippen MR) is 102 cm³/mol. The van der Waals surface area contributed by atoms with Gasteiger partial charge in [-0.3, -0.25) is 9.59 Å². The van der Waals surface area contributed by atoms with Crippen LogP contribution in [0.15, 0.2) is 29.8 Å². The summed E-state index contributed by atoms with van der Waals surface area (Å²) in [6.07, 6.45) is 5.50. The summed E-state index contributed by atoms with van der Waals surface area (Å²) in [7, 11) is 0. The number of Topliss-reactive ketones (excluding diaryl/α,β-unsaturated/α-hetero) is 1. The summed E-state index contributed by atoms with van der Waals surface area (Å²) in [4.78, 5) is 22.6. The third-order valence-corrected chi connectivity index (χ3v) is 4.55. The Labute approximate surface area is 159 Å². The van der Waals surface area contributed by atoms with Gasteiger partial charge in [0.15, 0.2) is 5.78 Å². The van der Waals surface area contributed by atoms with Crippen molar-refractivity contribution in [1.29, 1.82) is 0 Å². The van der Waals surface area contributed by atoms with Gasteiger partial charge in [-0.05, 0) is 49.0 Å². The summed E-state index contributed by atoms with van der Waals surface area (Å²) in [5.74, 6) is -1.08. The summed E-state index contributed by atoms with van der Waals surface area (Å²) < 4.78 is 0. The highest BCUT2D eigenvalue weighted by Gasteiger charge is 2.20. The molecule has 1 aromatic rings. The minimum absolute atomic E-state index is 0.245. The summed E-state index contributed by atoms with van der Waals surface area (Å²) in [5.41, 5.74) is 6.58. The van der Waals surface area contributed by atoms with Crippen LogP contribution in [0.3, 0.4) is 0 Å². The molecule has 1 aliphatic rings. The van der Waals surface area contributed by atoms with Gasteiger partial charge in [-0.15, -0.1) is 0 Å². The SMILES string of the molecule is CC(C(=O)O)c1ccc(/C=C2\CCCCC2=O)cc1.NC(CO)(CO)CO. The Balaban J connectivity index is 0.000000387. The molecule has 0 heterocycles. The van der Waals surface area contributed by atoms with E-state index in [1.807, 2.05) is 30.3 Å². The standard InChI is InChI=1S/C16H18O3.C4H11NO3/c1-11(16(18)19)13-8-6-12(7-9-13)10-14-4-2-3-5-15(14)17;5-4(1-6,2-7)3-8/h6-11H,2-5H2,1H3,(H,18,19);6-8H,1-3,5H2/b14-10+;. The van der Waals surface area contributed by atoms with Crippen LogP contribution in [0, 0.1) is 0 Å². The molecule has 0 aromatic heterocycles. The molecule has 0 spiro atoms. The fraction of sp³-hybridized carbons (Fsp3) is 0.500. The lowest BCUT2D eigenvalue weighted by molar-refractivity contribution is -0.138. The smallest absolute Gasteiger partial charge is 0.310 e. The molecule has 27 heavy (non-hydrogen) atoms. The fourth-order valence-corrected chi connectivity index (χ4v) is 2.43. The van der Waals surface area contributed by atoms with Crippen molar-refractivity contribution < 1.29 is 30.0 Å². The molecule has 0 saturated heterocycles. The monoisotopic (exact) mass is 379 g/mol. The number of aliphatic carboxylic acids is 1. The third-order valence-electron chi connectivity index (χ3n) is 4.55. The number of allylic oxidation sites excluding steroid dienone is 1. The molecular formula is C20H29NO6. The van der Waals surface area contributed by atoms with E-state index >= 15 is 0 Å². The quantitative estimate of drug-likeness (QED) is 0.465. The van der Waals surface area contributed by atoms with Gasteiger partial charge in [-0.2, -0.15) is 0 Å². The van der Waals surface area contributed by atoms with Crippen LogP contribution in [-0.4, -0.2) is 57.5 Å². The van der Waals surface area contributed by atoms with Crippen LogP contribution in [0.5, 0.6) is 0 Å². The van der Waals surface area contributed by atoms with Gasteiger partial charge in [0, 0.05) is 6.42 Å². The van der Waals surface area contributed by atoms with Crippen molar-refractivity contribution in [2.75, 3.05) is 19.8 Å². The molecule has 0 radical (unpaired) electrons. The van der Waals surface area contributed by atoms with E-state index in [1.54, 1.807) is 6.92 Å². The third kappa shape index (κ3) is 7.22. The highest BCUT2D eigenvalue weighted by atomic mass is 16.4. The highest BCUT2D eigenvalue weighted by molar-refractivity contribution is 6.00. The molecular weight excluding hydrogens is 350 g/mol. The first kappa shape index (κ1) is 23.0. The molecule has 0 aliphatic heterocycles. The molecule has 2 rings (SSSR count). The molecule has 150 valence electrons. The number of nitrogens with two attached hydrogens (primary N) is 1. The fourth-order valence-electron chi connectivity index (χ4n) is 2.43. The number of carbonyl (C=O) groups excluding carboxylic acids is 1. The summed E-state index contributed by atoms with van der Waals surface area (Å²) in [6.45, 7) is 0.459. The number of carbonyl (C=O) groups is 2. The Morgan fingerprint density at radius 1 is 1.11 bits per heavy atom. The van der Waals surface area contributed by atoms with Gasteiger partial charge >= 0.3 is 5.97 Å². The number of aliphatic hydroxyl groups excluding tert-OH is 3. The first-order valence-electron chi connectivity index (χ1n) is 8.94. The molecule has 0 amide bonds. The van der Waals surface area contributed by atoms with E-state index in [0.717, 1.165) is 36.0 Å². The first-order chi connectivity index (χ1) is 12.8. The van der Waals surface area contributed by atoms with Gasteiger partial charge in [0.2, 0.25) is 0 Å². The van der Waals surface area contributed by atoms with Crippen molar-refractivity contribution >= 4 is 17.8 Å². The zero-order valence-corrected chi connectivity index (χ0v) is 15.6. The normalized spacial score (nSPS) is 17.2. The summed E-state index contributed by atoms with van der Waals surface area (Å²) in [5, 5.41) is 34.0. The van der Waals surface area contributed by atoms with E-state index < -0.39 is 37.2 Å². The molecule has 7 nitrogen and oxygen atoms in total. The number of hydrogen-bond acceptors (Lipinski definition) is 6. The van der Waals surface area contributed by atoms with Gasteiger partial charge < -0.3 is 26.2 Å². The van der Waals surface area contributed by atoms with E-state index in [9.17, 15) is 9.59 Å². The van der Waals surface area contributed by atoms with Crippen LogP contribution in [0.25, 0.3) is 6.08 Å². The molecule has 1 saturated carbocycles. The summed E-state index contributed by atoms with van der Waals surface area (Å²) >= 11 is 0. The predicted octanol–water partition coefficient (Wildman–Crippen LogP) is 1.06. The lowest BCUT2D eigenvalue weighted by Crippen LogP contribution is -2.50. The Morgan fingerprint density at radius 2 is 1.63 bits per heavy atom. The van der Waals surface area contributed by atoms with E-state index in [1.165, 1.54) is 0 Å². The maximum atomic E-state index is 11.7. The first-order valence-corrected chi connectivity index (χ1v) is 8.94. The molecule has 1 aliphatic carbocycles. The molecule has 7 heteroatoms. The average molecular weight is 379 g/mol.